The molecule has 164 valence electrons. The summed E-state index contributed by atoms with van der Waals surface area (Å²) < 4.78 is 25.7. The number of rotatable bonds is 7. The van der Waals surface area contributed by atoms with Crippen molar-refractivity contribution in [1.29, 1.82) is 0 Å². The zero-order chi connectivity index (χ0) is 22.5. The number of alkyl halides is 1. The second-order valence-corrected chi connectivity index (χ2v) is 7.52. The molecule has 1 N–H and O–H groups in total. The van der Waals surface area contributed by atoms with Crippen molar-refractivity contribution < 1.29 is 18.4 Å². The summed E-state index contributed by atoms with van der Waals surface area (Å²) in [5.41, 5.74) is 2.67. The maximum absolute atomic E-state index is 13.0. The number of hydrogen-bond donors (Lipinski definition) is 1. The quantitative estimate of drug-likeness (QED) is 0.608. The lowest BCUT2D eigenvalue weighted by Crippen LogP contribution is -2.32. The van der Waals surface area contributed by atoms with Crippen LogP contribution in [0.5, 0.6) is 0 Å². The first-order valence-corrected chi connectivity index (χ1v) is 10.2. The Morgan fingerprint density at radius 3 is 2.38 bits per heavy atom. The predicted octanol–water partition coefficient (Wildman–Crippen LogP) is 4.06. The van der Waals surface area contributed by atoms with Crippen LogP contribution in [0, 0.1) is 5.82 Å². The number of urea groups is 1. The van der Waals surface area contributed by atoms with Crippen molar-refractivity contribution in [2.75, 3.05) is 18.0 Å². The van der Waals surface area contributed by atoms with E-state index in [4.69, 9.17) is 0 Å². The zero-order valence-electron chi connectivity index (χ0n) is 17.3. The summed E-state index contributed by atoms with van der Waals surface area (Å²) in [5.74, 6) is -0.242. The highest BCUT2D eigenvalue weighted by Crippen LogP contribution is 2.21. The number of halogens is 2. The smallest absolute Gasteiger partial charge is 0.326 e. The molecular formula is C24H22F2N4O2. The predicted molar refractivity (Wildman–Crippen MR) is 116 cm³/mol. The molecule has 6 nitrogen and oxygen atoms in total. The lowest BCUT2D eigenvalue weighted by Gasteiger charge is -2.18. The maximum Gasteiger partial charge on any atom is 0.326 e. The highest BCUT2D eigenvalue weighted by Gasteiger charge is 2.30. The van der Waals surface area contributed by atoms with Crippen LogP contribution in [0.2, 0.25) is 0 Å². The van der Waals surface area contributed by atoms with Gasteiger partial charge in [0.2, 0.25) is 0 Å². The van der Waals surface area contributed by atoms with Crippen LogP contribution >= 0.6 is 0 Å². The second kappa shape index (κ2) is 9.55. The summed E-state index contributed by atoms with van der Waals surface area (Å²) in [6.07, 6.45) is 1.49. The minimum atomic E-state index is -0.518. The van der Waals surface area contributed by atoms with E-state index in [2.05, 4.69) is 10.3 Å². The van der Waals surface area contributed by atoms with Crippen LogP contribution in [-0.4, -0.2) is 34.9 Å². The van der Waals surface area contributed by atoms with Crippen LogP contribution in [-0.2, 0) is 19.8 Å². The van der Waals surface area contributed by atoms with Gasteiger partial charge in [-0.25, -0.2) is 18.6 Å². The summed E-state index contributed by atoms with van der Waals surface area (Å²) >= 11 is 0. The third-order valence-corrected chi connectivity index (χ3v) is 5.30. The monoisotopic (exact) mass is 436 g/mol. The Kier molecular flexibility index (Phi) is 6.39. The van der Waals surface area contributed by atoms with E-state index in [9.17, 15) is 18.4 Å². The Bertz CT molecular complexity index is 1100. The summed E-state index contributed by atoms with van der Waals surface area (Å²) in [6, 6.07) is 15.9. The van der Waals surface area contributed by atoms with Crippen molar-refractivity contribution in [2.45, 2.75) is 19.8 Å². The number of aromatic nitrogens is 1. The molecule has 0 saturated carbocycles. The van der Waals surface area contributed by atoms with Gasteiger partial charge in [0.1, 0.15) is 18.3 Å². The molecule has 32 heavy (non-hydrogen) atoms. The molecule has 0 radical (unpaired) electrons. The lowest BCUT2D eigenvalue weighted by molar-refractivity contribution is 0.0950. The van der Waals surface area contributed by atoms with Gasteiger partial charge in [0.25, 0.3) is 5.91 Å². The normalized spacial score (nSPS) is 13.5. The highest BCUT2D eigenvalue weighted by molar-refractivity contribution is 5.97. The van der Waals surface area contributed by atoms with E-state index in [1.807, 2.05) is 12.1 Å². The first kappa shape index (κ1) is 21.4. The third kappa shape index (κ3) is 4.91. The summed E-state index contributed by atoms with van der Waals surface area (Å²) in [7, 11) is 0. The second-order valence-electron chi connectivity index (χ2n) is 7.52. The van der Waals surface area contributed by atoms with Crippen LogP contribution in [0.25, 0.3) is 0 Å². The molecule has 1 aromatic heterocycles. The minimum Gasteiger partial charge on any atom is -0.348 e. The number of anilines is 1. The van der Waals surface area contributed by atoms with Crippen molar-refractivity contribution in [3.05, 3.63) is 94.9 Å². The molecule has 0 bridgehead atoms. The topological polar surface area (TPSA) is 65.5 Å². The van der Waals surface area contributed by atoms with Crippen molar-refractivity contribution in [1.82, 2.24) is 15.2 Å². The molecule has 1 saturated heterocycles. The molecule has 3 amide bonds. The van der Waals surface area contributed by atoms with Gasteiger partial charge in [-0.3, -0.25) is 9.69 Å². The average molecular weight is 436 g/mol. The Labute approximate surface area is 184 Å². The van der Waals surface area contributed by atoms with Crippen molar-refractivity contribution in [2.24, 2.45) is 0 Å². The number of nitrogens with one attached hydrogen (secondary N) is 1. The molecule has 0 spiro atoms. The summed E-state index contributed by atoms with van der Waals surface area (Å²) in [4.78, 5) is 32.9. The van der Waals surface area contributed by atoms with Gasteiger partial charge in [-0.2, -0.15) is 0 Å². The van der Waals surface area contributed by atoms with Crippen LogP contribution < -0.4 is 10.2 Å². The van der Waals surface area contributed by atoms with Gasteiger partial charge in [-0.1, -0.05) is 36.4 Å². The van der Waals surface area contributed by atoms with Crippen LogP contribution in [0.1, 0.15) is 27.0 Å². The van der Waals surface area contributed by atoms with E-state index >= 15 is 0 Å². The van der Waals surface area contributed by atoms with Gasteiger partial charge in [0, 0.05) is 37.9 Å². The van der Waals surface area contributed by atoms with E-state index in [0.29, 0.717) is 36.6 Å². The maximum atomic E-state index is 13.0. The molecule has 1 aliphatic heterocycles. The molecule has 4 rings (SSSR count). The average Bonchev–Trinajstić information content (AvgIpc) is 3.19. The van der Waals surface area contributed by atoms with E-state index in [1.165, 1.54) is 23.2 Å². The van der Waals surface area contributed by atoms with E-state index < -0.39 is 6.67 Å². The Hall–Kier alpha value is -3.81. The van der Waals surface area contributed by atoms with Gasteiger partial charge in [-0.05, 0) is 41.0 Å². The number of benzene rings is 2. The molecule has 8 heteroatoms. The van der Waals surface area contributed by atoms with E-state index in [1.54, 1.807) is 41.3 Å². The van der Waals surface area contributed by atoms with Crippen molar-refractivity contribution >= 4 is 17.8 Å². The first-order chi connectivity index (χ1) is 15.5. The van der Waals surface area contributed by atoms with Crippen molar-refractivity contribution in [3.8, 4) is 0 Å². The van der Waals surface area contributed by atoms with Crippen LogP contribution in [0.4, 0.5) is 19.4 Å². The van der Waals surface area contributed by atoms with Gasteiger partial charge in [-0.15, -0.1) is 0 Å². The van der Waals surface area contributed by atoms with Crippen molar-refractivity contribution in [3.63, 3.8) is 0 Å². The fraction of sp³-hybridized carbons (Fsp3) is 0.208. The zero-order valence-corrected chi connectivity index (χ0v) is 17.3. The molecule has 0 aliphatic carbocycles. The Morgan fingerprint density at radius 2 is 1.66 bits per heavy atom. The van der Waals surface area contributed by atoms with Gasteiger partial charge in [0.05, 0.1) is 0 Å². The molecule has 1 aliphatic rings. The van der Waals surface area contributed by atoms with Crippen LogP contribution in [0.3, 0.4) is 0 Å². The van der Waals surface area contributed by atoms with Gasteiger partial charge < -0.3 is 10.2 Å². The largest absolute Gasteiger partial charge is 0.348 e. The molecule has 2 aromatic carbocycles. The summed E-state index contributed by atoms with van der Waals surface area (Å²) in [5, 5.41) is 2.78. The standard InChI is InChI=1S/C24H22F2N4O2/c25-14-17-1-3-19(4-2-17)16-29-11-12-30(24(29)32)22-13-20(9-10-27-22)23(31)28-15-18-5-7-21(26)8-6-18/h1-10,13H,11-12,14-16H2,(H,28,31). The summed E-state index contributed by atoms with van der Waals surface area (Å²) in [6.45, 7) is 1.13. The molecule has 1 fully saturated rings. The van der Waals surface area contributed by atoms with Crippen LogP contribution in [0.15, 0.2) is 66.9 Å². The fourth-order valence-electron chi connectivity index (χ4n) is 3.49. The fourth-order valence-corrected chi connectivity index (χ4v) is 3.49. The van der Waals surface area contributed by atoms with E-state index in [0.717, 1.165) is 11.1 Å². The Morgan fingerprint density at radius 1 is 0.969 bits per heavy atom. The number of pyridine rings is 1. The minimum absolute atomic E-state index is 0.198. The van der Waals surface area contributed by atoms with E-state index in [-0.39, 0.29) is 24.3 Å². The Balaban J connectivity index is 1.39. The number of amides is 3. The number of nitrogens with zero attached hydrogens (tertiary/aromatic N) is 3. The lowest BCUT2D eigenvalue weighted by atomic mass is 10.1. The third-order valence-electron chi connectivity index (χ3n) is 5.30. The van der Waals surface area contributed by atoms with Gasteiger partial charge in [0.15, 0.2) is 0 Å². The van der Waals surface area contributed by atoms with Gasteiger partial charge >= 0.3 is 6.03 Å². The molecule has 3 aromatic rings. The first-order valence-electron chi connectivity index (χ1n) is 10.2. The SMILES string of the molecule is O=C(NCc1ccc(F)cc1)c1ccnc(N2CCN(Cc3ccc(CF)cc3)C2=O)c1. The number of carbonyl (C=O) groups excluding carboxylic acids is 2. The molecule has 2 heterocycles. The molecular weight excluding hydrogens is 414 g/mol. The number of hydrogen-bond acceptors (Lipinski definition) is 3. The highest BCUT2D eigenvalue weighted by atomic mass is 19.1. The molecule has 0 unspecified atom stereocenters. The number of carbonyl (C=O) groups is 2. The molecule has 0 atom stereocenters.